The number of carboxylic acids is 1. The van der Waals surface area contributed by atoms with Gasteiger partial charge in [-0.2, -0.15) is 5.26 Å². The van der Waals surface area contributed by atoms with Crippen LogP contribution in [-0.2, 0) is 16.6 Å². The summed E-state index contributed by atoms with van der Waals surface area (Å²) in [6, 6.07) is 19.0. The van der Waals surface area contributed by atoms with E-state index >= 15 is 0 Å². The Hall–Kier alpha value is -5.08. The van der Waals surface area contributed by atoms with E-state index < -0.39 is 40.9 Å². The van der Waals surface area contributed by atoms with Crippen LogP contribution in [0.3, 0.4) is 0 Å². The average Bonchev–Trinajstić information content (AvgIpc) is 3.75. The number of fused-ring (bicyclic) bond motifs is 3. The van der Waals surface area contributed by atoms with Crippen molar-refractivity contribution in [3.05, 3.63) is 94.7 Å². The minimum absolute atomic E-state index is 0.00967. The van der Waals surface area contributed by atoms with Gasteiger partial charge in [-0.3, -0.25) is 14.5 Å². The Balaban J connectivity index is 0.000000194. The molecule has 2 aliphatic carbocycles. The van der Waals surface area contributed by atoms with Crippen LogP contribution in [0.25, 0.3) is 22.5 Å². The maximum absolute atomic E-state index is 14.0. The molecule has 0 bridgehead atoms. The van der Waals surface area contributed by atoms with Gasteiger partial charge in [-0.1, -0.05) is 60.8 Å². The Morgan fingerprint density at radius 1 is 1.02 bits per heavy atom. The molecule has 1 aromatic heterocycles. The number of aliphatic carboxylic acids is 1. The van der Waals surface area contributed by atoms with Gasteiger partial charge in [-0.25, -0.2) is 8.78 Å². The molecule has 0 radical (unpaired) electrons. The fourth-order valence-corrected chi connectivity index (χ4v) is 7.46. The molecule has 1 saturated carbocycles. The van der Waals surface area contributed by atoms with E-state index in [2.05, 4.69) is 51.8 Å². The number of nitriles is 1. The summed E-state index contributed by atoms with van der Waals surface area (Å²) in [4.78, 5) is 26.8. The second-order valence-electron chi connectivity index (χ2n) is 13.9. The number of anilines is 1. The van der Waals surface area contributed by atoms with Crippen molar-refractivity contribution >= 4 is 17.6 Å². The third kappa shape index (κ3) is 7.12. The van der Waals surface area contributed by atoms with Crippen LogP contribution in [0.15, 0.2) is 65.2 Å². The molecule has 1 aliphatic heterocycles. The van der Waals surface area contributed by atoms with Gasteiger partial charge in [0.2, 0.25) is 0 Å². The molecule has 1 saturated heterocycles. The van der Waals surface area contributed by atoms with Crippen molar-refractivity contribution in [3.63, 3.8) is 0 Å². The third-order valence-electron chi connectivity index (χ3n) is 10.3. The number of hydrogen-bond donors (Lipinski definition) is 3. The van der Waals surface area contributed by atoms with E-state index in [4.69, 9.17) is 10.3 Å². The Labute approximate surface area is 290 Å². The number of nitrogens with one attached hydrogen (secondary N) is 1. The molecule has 260 valence electrons. The Morgan fingerprint density at radius 3 is 2.48 bits per heavy atom. The Kier molecular flexibility index (Phi) is 10.0. The van der Waals surface area contributed by atoms with Gasteiger partial charge in [-0.15, -0.1) is 0 Å². The fourth-order valence-electron chi connectivity index (χ4n) is 7.46. The van der Waals surface area contributed by atoms with Crippen LogP contribution in [-0.4, -0.2) is 52.2 Å². The zero-order valence-corrected chi connectivity index (χ0v) is 28.2. The van der Waals surface area contributed by atoms with Crippen LogP contribution >= 0.6 is 0 Å². The number of nitrogen functional groups attached to an aromatic ring is 1. The van der Waals surface area contributed by atoms with E-state index in [0.29, 0.717) is 19.0 Å². The molecule has 9 nitrogen and oxygen atoms in total. The van der Waals surface area contributed by atoms with Gasteiger partial charge >= 0.3 is 5.97 Å². The lowest BCUT2D eigenvalue weighted by atomic mass is 9.83. The number of carboxylic acid groups (broad SMARTS) is 1. The van der Waals surface area contributed by atoms with Crippen molar-refractivity contribution in [1.82, 2.24) is 15.4 Å². The summed E-state index contributed by atoms with van der Waals surface area (Å²) in [5, 5.41) is 25.4. The molecule has 3 aliphatic rings. The standard InChI is InChI=1S/C22H25F2N3O4.C17H16N2/c23-13-6-7-15(17(24)10-13)20-11-19(26-31-20)21(28)25-18-8-9-27(12-16(18)22(29)30)14-4-2-1-3-5-14;1-17(2,10-18)15-8-7-13-12-6-4-3-5-11(12)9-14(13)16(15)19/h6-7,10-11,14,16,18H,1-5,8-9,12H2,(H,25,28)(H,29,30);3-8H,9,19H2,1-2H3/t16-,18-;/m0./s1. The Bertz CT molecular complexity index is 1940. The first-order chi connectivity index (χ1) is 24.0. The molecule has 1 amide bonds. The molecule has 7 rings (SSSR count). The highest BCUT2D eigenvalue weighted by Gasteiger charge is 2.38. The fraction of sp³-hybridized carbons (Fsp3) is 0.385. The molecule has 4 aromatic rings. The lowest BCUT2D eigenvalue weighted by molar-refractivity contribution is -0.145. The normalized spacial score (nSPS) is 19.0. The van der Waals surface area contributed by atoms with Gasteiger partial charge in [0.1, 0.15) is 11.6 Å². The van der Waals surface area contributed by atoms with E-state index in [-0.39, 0.29) is 17.0 Å². The molecule has 3 aromatic carbocycles. The number of nitrogens with two attached hydrogens (primary N) is 1. The van der Waals surface area contributed by atoms with Gasteiger partial charge in [-0.05, 0) is 73.1 Å². The van der Waals surface area contributed by atoms with Crippen LogP contribution < -0.4 is 11.1 Å². The van der Waals surface area contributed by atoms with Gasteiger partial charge < -0.3 is 20.7 Å². The molecule has 11 heteroatoms. The number of amides is 1. The number of rotatable bonds is 6. The predicted molar refractivity (Wildman–Crippen MR) is 185 cm³/mol. The SMILES string of the molecule is CC(C)(C#N)c1ccc2c(c1N)Cc1ccccc1-2.O=C(N[C@H]1CCN(C2CCCCC2)C[C@@H]1C(=O)O)c1cc(-c2ccc(F)cc2F)on1. The number of piperidine rings is 1. The monoisotopic (exact) mass is 681 g/mol. The number of nitrogens with zero attached hydrogens (tertiary/aromatic N) is 3. The molecule has 2 heterocycles. The minimum Gasteiger partial charge on any atom is -0.481 e. The van der Waals surface area contributed by atoms with E-state index in [1.54, 1.807) is 0 Å². The highest BCUT2D eigenvalue weighted by molar-refractivity contribution is 5.93. The highest BCUT2D eigenvalue weighted by atomic mass is 19.1. The lowest BCUT2D eigenvalue weighted by Crippen LogP contribution is -2.56. The smallest absolute Gasteiger partial charge is 0.309 e. The number of hydrogen-bond acceptors (Lipinski definition) is 7. The summed E-state index contributed by atoms with van der Waals surface area (Å²) >= 11 is 0. The van der Waals surface area contributed by atoms with Gasteiger partial charge in [0.25, 0.3) is 5.91 Å². The van der Waals surface area contributed by atoms with E-state index in [9.17, 15) is 28.7 Å². The number of carbonyl (C=O) groups excluding carboxylic acids is 1. The van der Waals surface area contributed by atoms with Crippen LogP contribution in [0.4, 0.5) is 14.5 Å². The molecule has 4 N–H and O–H groups in total. The largest absolute Gasteiger partial charge is 0.481 e. The van der Waals surface area contributed by atoms with Crippen LogP contribution in [0, 0.1) is 28.9 Å². The summed E-state index contributed by atoms with van der Waals surface area (Å²) in [6.45, 7) is 4.94. The number of likely N-dealkylation sites (tertiary alicyclic amines) is 1. The summed E-state index contributed by atoms with van der Waals surface area (Å²) in [5.74, 6) is -3.81. The van der Waals surface area contributed by atoms with Crippen molar-refractivity contribution in [1.29, 1.82) is 5.26 Å². The second kappa shape index (κ2) is 14.4. The second-order valence-corrected chi connectivity index (χ2v) is 13.9. The molecule has 50 heavy (non-hydrogen) atoms. The number of carbonyl (C=O) groups is 2. The molecule has 0 unspecified atom stereocenters. The summed E-state index contributed by atoms with van der Waals surface area (Å²) in [6.07, 6.45) is 7.14. The number of benzene rings is 3. The van der Waals surface area contributed by atoms with Crippen molar-refractivity contribution < 1.29 is 28.0 Å². The van der Waals surface area contributed by atoms with Crippen molar-refractivity contribution in [3.8, 4) is 28.5 Å². The first-order valence-corrected chi connectivity index (χ1v) is 17.1. The summed E-state index contributed by atoms with van der Waals surface area (Å²) in [5.41, 5.74) is 12.4. The molecular weight excluding hydrogens is 640 g/mol. The zero-order chi connectivity index (χ0) is 35.6. The third-order valence-corrected chi connectivity index (χ3v) is 10.3. The highest BCUT2D eigenvalue weighted by Crippen LogP contribution is 2.43. The quantitative estimate of drug-likeness (QED) is 0.161. The zero-order valence-electron chi connectivity index (χ0n) is 28.2. The maximum Gasteiger partial charge on any atom is 0.309 e. The van der Waals surface area contributed by atoms with E-state index in [1.165, 1.54) is 53.6 Å². The number of halogens is 2. The molecule has 2 atom stereocenters. The van der Waals surface area contributed by atoms with Crippen LogP contribution in [0.1, 0.15) is 79.6 Å². The average molecular weight is 682 g/mol. The topological polar surface area (TPSA) is 145 Å². The van der Waals surface area contributed by atoms with Crippen LogP contribution in [0.5, 0.6) is 0 Å². The van der Waals surface area contributed by atoms with Gasteiger partial charge in [0.05, 0.1) is 23.0 Å². The van der Waals surface area contributed by atoms with Crippen molar-refractivity contribution in [2.24, 2.45) is 5.92 Å². The van der Waals surface area contributed by atoms with Gasteiger partial charge in [0.15, 0.2) is 11.5 Å². The Morgan fingerprint density at radius 2 is 1.76 bits per heavy atom. The van der Waals surface area contributed by atoms with Crippen LogP contribution in [0.2, 0.25) is 0 Å². The van der Waals surface area contributed by atoms with E-state index in [0.717, 1.165) is 49.2 Å². The summed E-state index contributed by atoms with van der Waals surface area (Å²) in [7, 11) is 0. The van der Waals surface area contributed by atoms with E-state index in [1.807, 2.05) is 19.9 Å². The van der Waals surface area contributed by atoms with Crippen molar-refractivity contribution in [2.45, 2.75) is 76.3 Å². The first kappa shape index (κ1) is 34.8. The van der Waals surface area contributed by atoms with Crippen molar-refractivity contribution in [2.75, 3.05) is 18.8 Å². The maximum atomic E-state index is 14.0. The predicted octanol–water partition coefficient (Wildman–Crippen LogP) is 7.10. The number of aromatic nitrogens is 1. The van der Waals surface area contributed by atoms with Gasteiger partial charge in [0, 0.05) is 49.4 Å². The minimum atomic E-state index is -0.944. The molecule has 0 spiro atoms. The first-order valence-electron chi connectivity index (χ1n) is 17.1. The molecular formula is C39H41F2N5O4. The molecule has 2 fully saturated rings. The lowest BCUT2D eigenvalue weighted by Gasteiger charge is -2.42. The summed E-state index contributed by atoms with van der Waals surface area (Å²) < 4.78 is 32.1.